The highest BCUT2D eigenvalue weighted by Gasteiger charge is 2.29. The van der Waals surface area contributed by atoms with Crippen LogP contribution in [0.4, 0.5) is 5.82 Å². The first-order valence-corrected chi connectivity index (χ1v) is 7.71. The monoisotopic (exact) mass is 293 g/mol. The molecule has 0 atom stereocenters. The second kappa shape index (κ2) is 7.04. The zero-order chi connectivity index (χ0) is 15.3. The van der Waals surface area contributed by atoms with Crippen molar-refractivity contribution in [3.8, 4) is 5.88 Å². The van der Waals surface area contributed by atoms with Crippen LogP contribution in [-0.2, 0) is 0 Å². The van der Waals surface area contributed by atoms with Crippen LogP contribution in [0.15, 0.2) is 12.4 Å². The summed E-state index contributed by atoms with van der Waals surface area (Å²) in [7, 11) is 0. The molecule has 0 unspecified atom stereocenters. The number of hydrogen-bond donors (Lipinski definition) is 1. The number of aromatic nitrogens is 2. The van der Waals surface area contributed by atoms with Gasteiger partial charge in [-0.2, -0.15) is 4.98 Å². The molecule has 0 bridgehead atoms. The lowest BCUT2D eigenvalue weighted by Gasteiger charge is -2.43. The lowest BCUT2D eigenvalue weighted by atomic mass is 10.0. The minimum Gasteiger partial charge on any atom is -0.477 e. The first-order chi connectivity index (χ1) is 10.1. The van der Waals surface area contributed by atoms with E-state index in [1.165, 1.54) is 0 Å². The van der Waals surface area contributed by atoms with Gasteiger partial charge in [-0.15, -0.1) is 0 Å². The van der Waals surface area contributed by atoms with Gasteiger partial charge < -0.3 is 15.4 Å². The number of nitrogens with two attached hydrogens (primary N) is 1. The van der Waals surface area contributed by atoms with Gasteiger partial charge in [-0.3, -0.25) is 9.88 Å². The molecule has 1 saturated heterocycles. The molecule has 1 aliphatic rings. The summed E-state index contributed by atoms with van der Waals surface area (Å²) in [5.41, 5.74) is 5.91. The normalized spacial score (nSPS) is 17.0. The zero-order valence-corrected chi connectivity index (χ0v) is 13.4. The zero-order valence-electron chi connectivity index (χ0n) is 13.4. The molecule has 0 radical (unpaired) electrons. The van der Waals surface area contributed by atoms with E-state index in [9.17, 15) is 0 Å². The maximum Gasteiger partial charge on any atom is 0.234 e. The highest BCUT2D eigenvalue weighted by Crippen LogP contribution is 2.20. The second-order valence-electron chi connectivity index (χ2n) is 6.05. The third-order valence-electron chi connectivity index (χ3n) is 4.01. The molecular formula is C15H27N5O. The standard InChI is InChI=1S/C15H27N5O/c1-4-9-21-14-11-17-10-13(18-14)19-5-7-20(8-6-19)15(2,3)12-16/h10-11H,4-9,12,16H2,1-3H3. The highest BCUT2D eigenvalue weighted by atomic mass is 16.5. The molecule has 6 heteroatoms. The predicted molar refractivity (Wildman–Crippen MR) is 84.7 cm³/mol. The second-order valence-corrected chi connectivity index (χ2v) is 6.05. The van der Waals surface area contributed by atoms with Crippen LogP contribution < -0.4 is 15.4 Å². The Bertz CT molecular complexity index is 443. The van der Waals surface area contributed by atoms with Crippen molar-refractivity contribution in [1.82, 2.24) is 14.9 Å². The smallest absolute Gasteiger partial charge is 0.234 e. The number of anilines is 1. The Kier molecular flexibility index (Phi) is 5.36. The number of piperazine rings is 1. The maximum atomic E-state index is 5.86. The number of nitrogens with zero attached hydrogens (tertiary/aromatic N) is 4. The first kappa shape index (κ1) is 16.0. The van der Waals surface area contributed by atoms with Gasteiger partial charge in [0.2, 0.25) is 5.88 Å². The molecule has 2 heterocycles. The van der Waals surface area contributed by atoms with Crippen LogP contribution in [-0.4, -0.2) is 59.7 Å². The molecule has 21 heavy (non-hydrogen) atoms. The largest absolute Gasteiger partial charge is 0.477 e. The molecule has 1 aromatic rings. The minimum absolute atomic E-state index is 0.0594. The summed E-state index contributed by atoms with van der Waals surface area (Å²) in [6.07, 6.45) is 4.45. The molecule has 2 N–H and O–H groups in total. The van der Waals surface area contributed by atoms with Crippen molar-refractivity contribution >= 4 is 5.82 Å². The van der Waals surface area contributed by atoms with Crippen LogP contribution >= 0.6 is 0 Å². The van der Waals surface area contributed by atoms with Gasteiger partial charge in [-0.05, 0) is 20.3 Å². The molecule has 2 rings (SSSR count). The predicted octanol–water partition coefficient (Wildman–Crippen LogP) is 1.12. The summed E-state index contributed by atoms with van der Waals surface area (Å²) in [6, 6.07) is 0. The van der Waals surface area contributed by atoms with E-state index in [0.717, 1.165) is 38.4 Å². The molecule has 1 aliphatic heterocycles. The number of hydrogen-bond acceptors (Lipinski definition) is 6. The minimum atomic E-state index is 0.0594. The van der Waals surface area contributed by atoms with E-state index < -0.39 is 0 Å². The van der Waals surface area contributed by atoms with Gasteiger partial charge in [0.05, 0.1) is 19.0 Å². The Morgan fingerprint density at radius 1 is 1.24 bits per heavy atom. The Morgan fingerprint density at radius 2 is 1.95 bits per heavy atom. The van der Waals surface area contributed by atoms with Crippen molar-refractivity contribution < 1.29 is 4.74 Å². The van der Waals surface area contributed by atoms with Gasteiger partial charge in [0.1, 0.15) is 0 Å². The lowest BCUT2D eigenvalue weighted by molar-refractivity contribution is 0.119. The van der Waals surface area contributed by atoms with Crippen molar-refractivity contribution in [1.29, 1.82) is 0 Å². The quantitative estimate of drug-likeness (QED) is 0.848. The van der Waals surface area contributed by atoms with Gasteiger partial charge in [-0.1, -0.05) is 6.92 Å². The van der Waals surface area contributed by atoms with Gasteiger partial charge >= 0.3 is 0 Å². The Balaban J connectivity index is 1.96. The molecule has 6 nitrogen and oxygen atoms in total. The average Bonchev–Trinajstić information content (AvgIpc) is 2.53. The van der Waals surface area contributed by atoms with Crippen LogP contribution in [0, 0.1) is 0 Å². The molecule has 0 spiro atoms. The highest BCUT2D eigenvalue weighted by molar-refractivity contribution is 5.38. The van der Waals surface area contributed by atoms with E-state index in [1.807, 2.05) is 6.20 Å². The Hall–Kier alpha value is -1.40. The van der Waals surface area contributed by atoms with Crippen molar-refractivity contribution in [2.24, 2.45) is 5.73 Å². The molecular weight excluding hydrogens is 266 g/mol. The van der Waals surface area contributed by atoms with Crippen molar-refractivity contribution in [3.63, 3.8) is 0 Å². The summed E-state index contributed by atoms with van der Waals surface area (Å²) < 4.78 is 5.55. The van der Waals surface area contributed by atoms with E-state index in [-0.39, 0.29) is 5.54 Å². The number of rotatable bonds is 6. The summed E-state index contributed by atoms with van der Waals surface area (Å²) in [6.45, 7) is 11.7. The van der Waals surface area contributed by atoms with E-state index >= 15 is 0 Å². The van der Waals surface area contributed by atoms with Crippen LogP contribution in [0.2, 0.25) is 0 Å². The third kappa shape index (κ3) is 4.04. The Labute approximate surface area is 127 Å². The first-order valence-electron chi connectivity index (χ1n) is 7.71. The Morgan fingerprint density at radius 3 is 2.57 bits per heavy atom. The number of ether oxygens (including phenoxy) is 1. The van der Waals surface area contributed by atoms with Crippen LogP contribution in [0.5, 0.6) is 5.88 Å². The fraction of sp³-hybridized carbons (Fsp3) is 0.733. The molecule has 0 aromatic carbocycles. The molecule has 1 fully saturated rings. The molecule has 118 valence electrons. The van der Waals surface area contributed by atoms with Crippen molar-refractivity contribution in [2.75, 3.05) is 44.2 Å². The van der Waals surface area contributed by atoms with Gasteiger partial charge in [0, 0.05) is 38.3 Å². The summed E-state index contributed by atoms with van der Waals surface area (Å²) in [5.74, 6) is 1.51. The van der Waals surface area contributed by atoms with Gasteiger partial charge in [0.15, 0.2) is 5.82 Å². The molecule has 1 aromatic heterocycles. The summed E-state index contributed by atoms with van der Waals surface area (Å²) in [4.78, 5) is 13.5. The van der Waals surface area contributed by atoms with Crippen molar-refractivity contribution in [3.05, 3.63) is 12.4 Å². The van der Waals surface area contributed by atoms with E-state index in [1.54, 1.807) is 6.20 Å². The molecule has 0 aliphatic carbocycles. The average molecular weight is 293 g/mol. The van der Waals surface area contributed by atoms with E-state index in [4.69, 9.17) is 10.5 Å². The molecule has 0 amide bonds. The van der Waals surface area contributed by atoms with Gasteiger partial charge in [-0.25, -0.2) is 0 Å². The third-order valence-corrected chi connectivity index (χ3v) is 4.01. The topological polar surface area (TPSA) is 67.5 Å². The molecule has 0 saturated carbocycles. The van der Waals surface area contributed by atoms with Crippen molar-refractivity contribution in [2.45, 2.75) is 32.7 Å². The lowest BCUT2D eigenvalue weighted by Crippen LogP contribution is -2.57. The fourth-order valence-corrected chi connectivity index (χ4v) is 2.44. The fourth-order valence-electron chi connectivity index (χ4n) is 2.44. The summed E-state index contributed by atoms with van der Waals surface area (Å²) in [5, 5.41) is 0. The van der Waals surface area contributed by atoms with E-state index in [2.05, 4.69) is 40.5 Å². The van der Waals surface area contributed by atoms with Gasteiger partial charge in [0.25, 0.3) is 0 Å². The summed E-state index contributed by atoms with van der Waals surface area (Å²) >= 11 is 0. The van der Waals surface area contributed by atoms with Crippen LogP contribution in [0.1, 0.15) is 27.2 Å². The van der Waals surface area contributed by atoms with E-state index in [0.29, 0.717) is 19.0 Å². The maximum absolute atomic E-state index is 5.86. The van der Waals surface area contributed by atoms with Crippen LogP contribution in [0.25, 0.3) is 0 Å². The van der Waals surface area contributed by atoms with Crippen LogP contribution in [0.3, 0.4) is 0 Å². The SMILES string of the molecule is CCCOc1cncc(N2CCN(C(C)(C)CN)CC2)n1.